The maximum absolute atomic E-state index is 10.7. The summed E-state index contributed by atoms with van der Waals surface area (Å²) in [4.78, 5) is 5.34. The predicted molar refractivity (Wildman–Crippen MR) is 68.3 cm³/mol. The fourth-order valence-corrected chi connectivity index (χ4v) is 1.32. The van der Waals surface area contributed by atoms with E-state index in [-0.39, 0.29) is 0 Å². The van der Waals surface area contributed by atoms with Crippen molar-refractivity contribution in [1.82, 2.24) is 0 Å². The van der Waals surface area contributed by atoms with E-state index in [1.54, 1.807) is 12.1 Å². The molecule has 0 aromatic heterocycles. The number of anilines is 1. The summed E-state index contributed by atoms with van der Waals surface area (Å²) in [6.45, 7) is 6.22. The molecule has 116 valence electrons. The molecule has 3 nitrogen and oxygen atoms in total. The van der Waals surface area contributed by atoms with E-state index in [2.05, 4.69) is 23.7 Å². The predicted octanol–water partition coefficient (Wildman–Crippen LogP) is 6.40. The monoisotopic (exact) mass is 321 g/mol. The zero-order valence-electron chi connectivity index (χ0n) is 10.8. The second kappa shape index (κ2) is 5.44. The van der Waals surface area contributed by atoms with Gasteiger partial charge < -0.3 is 4.90 Å². The minimum atomic E-state index is -10.7. The Morgan fingerprint density at radius 1 is 0.950 bits per heavy atom. The van der Waals surface area contributed by atoms with Gasteiger partial charge in [0.2, 0.25) is 5.39 Å². The number of benzene rings is 1. The van der Waals surface area contributed by atoms with Gasteiger partial charge in [-0.05, 0) is 26.0 Å². The second-order valence-corrected chi connectivity index (χ2v) is 5.66. The molecule has 0 aliphatic carbocycles. The maximum atomic E-state index is 9.87. The van der Waals surface area contributed by atoms with Crippen LogP contribution in [0.15, 0.2) is 24.3 Å². The topological polar surface area (TPSA) is 31.4 Å². The summed E-state index contributed by atoms with van der Waals surface area (Å²) in [6, 6.07) is 7.52. The molecule has 0 fully saturated rings. The van der Waals surface area contributed by atoms with E-state index >= 15 is 0 Å². The van der Waals surface area contributed by atoms with Crippen molar-refractivity contribution >= 4 is 19.2 Å². The molecular weight excluding hydrogens is 307 g/mol. The number of nitrogens with zero attached hydrogens (tertiary/aromatic N) is 3. The fourth-order valence-electron chi connectivity index (χ4n) is 1.32. The molecule has 0 saturated heterocycles. The van der Waals surface area contributed by atoms with E-state index in [0.29, 0.717) is 5.69 Å². The Labute approximate surface area is 112 Å². The van der Waals surface area contributed by atoms with Crippen molar-refractivity contribution in [2.24, 2.45) is 0 Å². The number of rotatable bonds is 3. The van der Waals surface area contributed by atoms with E-state index in [4.69, 9.17) is 5.39 Å². The summed E-state index contributed by atoms with van der Waals surface area (Å²) < 4.78 is 59.2. The number of hydrogen-bond acceptors (Lipinski definition) is 2. The third-order valence-corrected chi connectivity index (χ3v) is 2.09. The van der Waals surface area contributed by atoms with Crippen molar-refractivity contribution in [2.75, 3.05) is 18.0 Å². The average Bonchev–Trinajstić information content (AvgIpc) is 2.27. The van der Waals surface area contributed by atoms with Gasteiger partial charge in [0.1, 0.15) is 0 Å². The quantitative estimate of drug-likeness (QED) is 0.366. The first kappa shape index (κ1) is 18.4. The molecule has 0 N–H and O–H groups in total. The van der Waals surface area contributed by atoms with E-state index in [1.807, 2.05) is 12.1 Å². The summed E-state index contributed by atoms with van der Waals surface area (Å²) in [5.41, 5.74) is 1.76. The standard InChI is InChI=1S/C10H14N3.F6P/c1-3-13(4-2)10-7-5-9(12-11)6-8-10;1-7(2,3,4,5)6/h5-8H,3-4H2,1-2H3;/q+1;-1. The summed E-state index contributed by atoms with van der Waals surface area (Å²) in [7, 11) is -10.7. The molecule has 0 aliphatic rings. The molecule has 0 aliphatic heterocycles. The van der Waals surface area contributed by atoms with Gasteiger partial charge in [-0.1, -0.05) is 0 Å². The Morgan fingerprint density at radius 2 is 1.30 bits per heavy atom. The Morgan fingerprint density at radius 3 is 1.55 bits per heavy atom. The van der Waals surface area contributed by atoms with Gasteiger partial charge in [-0.15, -0.1) is 0 Å². The molecule has 20 heavy (non-hydrogen) atoms. The molecule has 1 rings (SSSR count). The van der Waals surface area contributed by atoms with Crippen LogP contribution in [0.4, 0.5) is 36.6 Å². The molecule has 0 heterocycles. The van der Waals surface area contributed by atoms with Gasteiger partial charge in [0.15, 0.2) is 4.98 Å². The number of hydrogen-bond donors (Lipinski definition) is 0. The molecule has 0 unspecified atom stereocenters. The Kier molecular flexibility index (Phi) is 5.02. The van der Waals surface area contributed by atoms with Crippen LogP contribution in [0.3, 0.4) is 0 Å². The van der Waals surface area contributed by atoms with E-state index in [1.165, 1.54) is 0 Å². The summed E-state index contributed by atoms with van der Waals surface area (Å²) in [5.74, 6) is 0. The van der Waals surface area contributed by atoms with Crippen LogP contribution < -0.4 is 4.90 Å². The number of diazo groups is 1. The molecule has 0 bridgehead atoms. The molecule has 10 heteroatoms. The fraction of sp³-hybridized carbons (Fsp3) is 0.400. The second-order valence-electron chi connectivity index (χ2n) is 3.75. The first-order valence-corrected chi connectivity index (χ1v) is 7.56. The summed E-state index contributed by atoms with van der Waals surface area (Å²) >= 11 is 0. The molecule has 0 radical (unpaired) electrons. The Hall–Kier alpha value is -1.55. The van der Waals surface area contributed by atoms with E-state index in [0.717, 1.165) is 18.8 Å². The molecule has 0 saturated carbocycles. The molecular formula is C10H14F6N3P. The van der Waals surface area contributed by atoms with Crippen LogP contribution in [0.2, 0.25) is 0 Å². The molecule has 0 atom stereocenters. The van der Waals surface area contributed by atoms with E-state index < -0.39 is 7.81 Å². The molecule has 0 amide bonds. The van der Waals surface area contributed by atoms with Crippen LogP contribution in [-0.2, 0) is 0 Å². The van der Waals surface area contributed by atoms with Crippen LogP contribution in [0.5, 0.6) is 0 Å². The third kappa shape index (κ3) is 11.5. The van der Waals surface area contributed by atoms with Crippen LogP contribution in [-0.4, -0.2) is 13.1 Å². The van der Waals surface area contributed by atoms with Crippen LogP contribution in [0, 0.1) is 5.39 Å². The van der Waals surface area contributed by atoms with Gasteiger partial charge in [-0.2, -0.15) is 0 Å². The van der Waals surface area contributed by atoms with Crippen molar-refractivity contribution in [1.29, 1.82) is 5.39 Å². The number of halogens is 6. The zero-order valence-corrected chi connectivity index (χ0v) is 11.7. The normalized spacial score (nSPS) is 14.2. The Balaban J connectivity index is 0.000000441. The van der Waals surface area contributed by atoms with Gasteiger partial charge in [-0.25, -0.2) is 0 Å². The zero-order chi connectivity index (χ0) is 16.1. The summed E-state index contributed by atoms with van der Waals surface area (Å²) in [5, 5.41) is 8.49. The molecule has 1 aromatic carbocycles. The van der Waals surface area contributed by atoms with Crippen molar-refractivity contribution in [2.45, 2.75) is 13.8 Å². The van der Waals surface area contributed by atoms with Crippen molar-refractivity contribution in [3.8, 4) is 0 Å². The SMILES string of the molecule is CCN(CC)c1ccc([N+]#N)cc1.F[P-](F)(F)(F)(F)F. The first-order chi connectivity index (χ1) is 8.76. The van der Waals surface area contributed by atoms with Gasteiger partial charge in [0, 0.05) is 30.9 Å². The van der Waals surface area contributed by atoms with Crippen LogP contribution in [0.25, 0.3) is 4.98 Å². The van der Waals surface area contributed by atoms with Crippen LogP contribution >= 0.6 is 7.81 Å². The third-order valence-electron chi connectivity index (χ3n) is 2.09. The van der Waals surface area contributed by atoms with Crippen LogP contribution in [0.1, 0.15) is 13.8 Å². The van der Waals surface area contributed by atoms with Crippen molar-refractivity contribution < 1.29 is 25.2 Å². The van der Waals surface area contributed by atoms with Crippen molar-refractivity contribution in [3.05, 3.63) is 29.2 Å². The van der Waals surface area contributed by atoms with Gasteiger partial charge in [0.05, 0.1) is 0 Å². The first-order valence-electron chi connectivity index (χ1n) is 5.53. The molecule has 0 spiro atoms. The van der Waals surface area contributed by atoms with Gasteiger partial charge >= 0.3 is 38.7 Å². The van der Waals surface area contributed by atoms with Gasteiger partial charge in [0.25, 0.3) is 0 Å². The molecule has 1 aromatic rings. The summed E-state index contributed by atoms with van der Waals surface area (Å²) in [6.07, 6.45) is 0. The minimum absolute atomic E-state index is 0.593. The Bertz CT molecular complexity index is 460. The average molecular weight is 321 g/mol. The van der Waals surface area contributed by atoms with Gasteiger partial charge in [-0.3, -0.25) is 0 Å². The van der Waals surface area contributed by atoms with E-state index in [9.17, 15) is 25.2 Å². The van der Waals surface area contributed by atoms with Crippen molar-refractivity contribution in [3.63, 3.8) is 0 Å².